The van der Waals surface area contributed by atoms with Crippen LogP contribution in [0.2, 0.25) is 0 Å². The number of aryl methyl sites for hydroxylation is 1. The number of fused-ring (bicyclic) bond motifs is 3. The van der Waals surface area contributed by atoms with Gasteiger partial charge in [0, 0.05) is 50.3 Å². The zero-order valence-corrected chi connectivity index (χ0v) is 17.4. The summed E-state index contributed by atoms with van der Waals surface area (Å²) in [4.78, 5) is 15.0. The van der Waals surface area contributed by atoms with Gasteiger partial charge >= 0.3 is 0 Å². The lowest BCUT2D eigenvalue weighted by Gasteiger charge is -2.31. The molecule has 1 saturated heterocycles. The molecular formula is C19H21FN8OS. The second kappa shape index (κ2) is 7.40. The van der Waals surface area contributed by atoms with E-state index in [0.717, 1.165) is 48.0 Å². The molecule has 9 nitrogen and oxygen atoms in total. The molecule has 0 spiro atoms. The van der Waals surface area contributed by atoms with E-state index >= 15 is 0 Å². The smallest absolute Gasteiger partial charge is 0.284 e. The molecule has 11 heteroatoms. The second-order valence-electron chi connectivity index (χ2n) is 7.32. The summed E-state index contributed by atoms with van der Waals surface area (Å²) < 4.78 is 19.8. The molecule has 1 aliphatic heterocycles. The minimum Gasteiger partial charge on any atom is -0.416 e. The summed E-state index contributed by atoms with van der Waals surface area (Å²) in [6.07, 6.45) is 1.74. The number of nitrogens with two attached hydrogens (primary N) is 1. The predicted molar refractivity (Wildman–Crippen MR) is 113 cm³/mol. The Morgan fingerprint density at radius 3 is 2.77 bits per heavy atom. The van der Waals surface area contributed by atoms with Crippen LogP contribution in [0, 0.1) is 12.7 Å². The van der Waals surface area contributed by atoms with E-state index in [2.05, 4.69) is 30.4 Å². The quantitative estimate of drug-likeness (QED) is 0.421. The van der Waals surface area contributed by atoms with Gasteiger partial charge in [0.15, 0.2) is 0 Å². The van der Waals surface area contributed by atoms with Crippen LogP contribution >= 0.6 is 11.8 Å². The predicted octanol–water partition coefficient (Wildman–Crippen LogP) is 3.06. The lowest BCUT2D eigenvalue weighted by molar-refractivity contribution is 0.429. The third-order valence-corrected chi connectivity index (χ3v) is 5.98. The van der Waals surface area contributed by atoms with Crippen molar-refractivity contribution in [1.29, 1.82) is 0 Å². The van der Waals surface area contributed by atoms with E-state index in [1.807, 2.05) is 0 Å². The maximum Gasteiger partial charge on any atom is 0.284 e. The monoisotopic (exact) mass is 428 g/mol. The van der Waals surface area contributed by atoms with Crippen molar-refractivity contribution >= 4 is 45.2 Å². The Balaban J connectivity index is 1.71. The number of halogens is 1. The molecule has 30 heavy (non-hydrogen) atoms. The molecule has 1 fully saturated rings. The van der Waals surface area contributed by atoms with E-state index in [0.29, 0.717) is 27.6 Å². The highest BCUT2D eigenvalue weighted by Gasteiger charge is 2.24. The summed E-state index contributed by atoms with van der Waals surface area (Å²) in [6.45, 7) is 3.28. The highest BCUT2D eigenvalue weighted by Crippen LogP contribution is 2.38. The number of aromatic nitrogens is 5. The van der Waals surface area contributed by atoms with Crippen LogP contribution in [-0.4, -0.2) is 51.3 Å². The van der Waals surface area contributed by atoms with E-state index in [9.17, 15) is 4.39 Å². The molecule has 4 aromatic rings. The lowest BCUT2D eigenvalue weighted by Crippen LogP contribution is -2.40. The number of aromatic amines is 1. The van der Waals surface area contributed by atoms with Crippen molar-refractivity contribution in [1.82, 2.24) is 25.1 Å². The summed E-state index contributed by atoms with van der Waals surface area (Å²) in [6, 6.07) is 3.16. The SMILES string of the molecule is CNc1cc(F)cc2c1[nH]c1nc(Sc3nnc(C)o3)nc(N3CCC(N)CC3)c12. The van der Waals surface area contributed by atoms with E-state index in [1.54, 1.807) is 14.0 Å². The molecule has 1 aliphatic rings. The molecule has 0 unspecified atom stereocenters. The number of H-pyrrole nitrogens is 1. The number of rotatable bonds is 4. The van der Waals surface area contributed by atoms with Crippen molar-refractivity contribution in [3.8, 4) is 0 Å². The highest BCUT2D eigenvalue weighted by atomic mass is 32.2. The van der Waals surface area contributed by atoms with E-state index < -0.39 is 0 Å². The third-order valence-electron chi connectivity index (χ3n) is 5.28. The Hall–Kier alpha value is -2.92. The first kappa shape index (κ1) is 19.1. The maximum absolute atomic E-state index is 14.3. The van der Waals surface area contributed by atoms with Crippen molar-refractivity contribution < 1.29 is 8.81 Å². The molecule has 0 amide bonds. The van der Waals surface area contributed by atoms with Crippen molar-refractivity contribution in [2.75, 3.05) is 30.4 Å². The first-order valence-electron chi connectivity index (χ1n) is 9.71. The van der Waals surface area contributed by atoms with Gasteiger partial charge in [-0.25, -0.2) is 14.4 Å². The standard InChI is InChI=1S/C19H21FN8OS/c1-9-26-27-19(29-9)30-18-24-16-14(17(25-18)28-5-3-11(21)4-6-28)12-7-10(20)8-13(22-2)15(12)23-16/h7-8,11,22H,3-6,21H2,1-2H3,(H,23,24,25). The molecule has 4 N–H and O–H groups in total. The van der Waals surface area contributed by atoms with E-state index in [-0.39, 0.29) is 11.9 Å². The molecule has 0 radical (unpaired) electrons. The fourth-order valence-electron chi connectivity index (χ4n) is 3.81. The summed E-state index contributed by atoms with van der Waals surface area (Å²) in [7, 11) is 1.76. The van der Waals surface area contributed by atoms with Crippen LogP contribution in [0.4, 0.5) is 15.9 Å². The van der Waals surface area contributed by atoms with Gasteiger partial charge in [0.05, 0.1) is 16.6 Å². The molecular weight excluding hydrogens is 407 g/mol. The molecule has 4 heterocycles. The van der Waals surface area contributed by atoms with E-state index in [1.165, 1.54) is 23.9 Å². The molecule has 0 saturated carbocycles. The Morgan fingerprint density at radius 1 is 1.27 bits per heavy atom. The van der Waals surface area contributed by atoms with Crippen LogP contribution < -0.4 is 16.0 Å². The van der Waals surface area contributed by atoms with Gasteiger partial charge in [0.2, 0.25) is 11.0 Å². The van der Waals surface area contributed by atoms with Gasteiger partial charge in [-0.05, 0) is 25.0 Å². The van der Waals surface area contributed by atoms with E-state index in [4.69, 9.17) is 15.1 Å². The first-order valence-corrected chi connectivity index (χ1v) is 10.5. The van der Waals surface area contributed by atoms with Gasteiger partial charge in [-0.2, -0.15) is 0 Å². The Bertz CT molecular complexity index is 1230. The zero-order chi connectivity index (χ0) is 20.8. The van der Waals surface area contributed by atoms with Gasteiger partial charge < -0.3 is 25.4 Å². The summed E-state index contributed by atoms with van der Waals surface area (Å²) in [5.74, 6) is 0.910. The number of nitrogens with zero attached hydrogens (tertiary/aromatic N) is 5. The van der Waals surface area contributed by atoms with Gasteiger partial charge in [0.25, 0.3) is 5.22 Å². The molecule has 0 atom stereocenters. The molecule has 0 aliphatic carbocycles. The molecule has 3 aromatic heterocycles. The Labute approximate surface area is 175 Å². The molecule has 5 rings (SSSR count). The number of hydrogen-bond donors (Lipinski definition) is 3. The highest BCUT2D eigenvalue weighted by molar-refractivity contribution is 7.98. The van der Waals surface area contributed by atoms with Gasteiger partial charge in [0.1, 0.15) is 17.3 Å². The summed E-state index contributed by atoms with van der Waals surface area (Å²) in [5, 5.41) is 13.3. The lowest BCUT2D eigenvalue weighted by atomic mass is 10.1. The number of hydrogen-bond acceptors (Lipinski definition) is 9. The van der Waals surface area contributed by atoms with Crippen molar-refractivity contribution in [2.45, 2.75) is 36.2 Å². The fourth-order valence-corrected chi connectivity index (χ4v) is 4.47. The van der Waals surface area contributed by atoms with Gasteiger partial charge in [-0.15, -0.1) is 10.2 Å². The van der Waals surface area contributed by atoms with Crippen LogP contribution in [0.25, 0.3) is 21.9 Å². The number of benzene rings is 1. The molecule has 1 aromatic carbocycles. The molecule has 156 valence electrons. The normalized spacial score (nSPS) is 15.4. The Morgan fingerprint density at radius 2 is 2.07 bits per heavy atom. The zero-order valence-electron chi connectivity index (χ0n) is 16.6. The third kappa shape index (κ3) is 3.33. The van der Waals surface area contributed by atoms with Crippen LogP contribution in [-0.2, 0) is 0 Å². The van der Waals surface area contributed by atoms with Gasteiger partial charge in [-0.1, -0.05) is 0 Å². The number of nitrogens with one attached hydrogen (secondary N) is 2. The second-order valence-corrected chi connectivity index (χ2v) is 8.24. The fraction of sp³-hybridized carbons (Fsp3) is 0.368. The van der Waals surface area contributed by atoms with Crippen molar-refractivity contribution in [3.63, 3.8) is 0 Å². The van der Waals surface area contributed by atoms with Crippen molar-refractivity contribution in [2.24, 2.45) is 5.73 Å². The maximum atomic E-state index is 14.3. The van der Waals surface area contributed by atoms with Crippen LogP contribution in [0.3, 0.4) is 0 Å². The largest absolute Gasteiger partial charge is 0.416 e. The van der Waals surface area contributed by atoms with Gasteiger partial charge in [-0.3, -0.25) is 0 Å². The van der Waals surface area contributed by atoms with Crippen LogP contribution in [0.5, 0.6) is 0 Å². The number of piperidine rings is 1. The summed E-state index contributed by atoms with van der Waals surface area (Å²) in [5.41, 5.74) is 8.17. The minimum absolute atomic E-state index is 0.185. The average molecular weight is 428 g/mol. The van der Waals surface area contributed by atoms with Crippen molar-refractivity contribution in [3.05, 3.63) is 23.8 Å². The minimum atomic E-state index is -0.320. The van der Waals surface area contributed by atoms with Crippen LogP contribution in [0.15, 0.2) is 26.9 Å². The average Bonchev–Trinajstić information content (AvgIpc) is 3.30. The number of anilines is 2. The van der Waals surface area contributed by atoms with Crippen LogP contribution in [0.1, 0.15) is 18.7 Å². The topological polar surface area (TPSA) is 122 Å². The first-order chi connectivity index (χ1) is 14.5. The Kier molecular flexibility index (Phi) is 4.70. The summed E-state index contributed by atoms with van der Waals surface area (Å²) >= 11 is 1.20. The molecule has 0 bridgehead atoms.